The smallest absolute Gasteiger partial charge is 0.198 e. The van der Waals surface area contributed by atoms with Gasteiger partial charge in [0.25, 0.3) is 0 Å². The number of fused-ring (bicyclic) bond motifs is 1. The molecule has 1 aromatic heterocycles. The van der Waals surface area contributed by atoms with Crippen LogP contribution in [0.5, 0.6) is 5.75 Å². The molecule has 0 saturated carbocycles. The Labute approximate surface area is 150 Å². The molecular weight excluding hydrogens is 349 g/mol. The van der Waals surface area contributed by atoms with Crippen molar-refractivity contribution in [1.29, 1.82) is 0 Å². The molecule has 124 valence electrons. The first kappa shape index (κ1) is 16.1. The SMILES string of the molecule is COc1ccc2nc(P(=O)(c3ccccc3)c3ccccc3)sc2c1. The van der Waals surface area contributed by atoms with Crippen molar-refractivity contribution >= 4 is 44.1 Å². The maximum atomic E-state index is 14.3. The quantitative estimate of drug-likeness (QED) is 0.514. The summed E-state index contributed by atoms with van der Waals surface area (Å²) in [6.07, 6.45) is 0. The second kappa shape index (κ2) is 6.47. The Morgan fingerprint density at radius 3 is 2.04 bits per heavy atom. The van der Waals surface area contributed by atoms with E-state index in [1.165, 1.54) is 11.3 Å². The lowest BCUT2D eigenvalue weighted by Gasteiger charge is -2.16. The summed E-state index contributed by atoms with van der Waals surface area (Å²) in [5.74, 6) is 0.775. The number of methoxy groups -OCH3 is 1. The number of hydrogen-bond donors (Lipinski definition) is 0. The summed E-state index contributed by atoms with van der Waals surface area (Å²) in [4.78, 5) is 4.71. The van der Waals surface area contributed by atoms with Crippen molar-refractivity contribution in [2.45, 2.75) is 0 Å². The molecule has 0 spiro atoms. The molecule has 0 atom stereocenters. The monoisotopic (exact) mass is 365 g/mol. The van der Waals surface area contributed by atoms with E-state index in [4.69, 9.17) is 9.72 Å². The van der Waals surface area contributed by atoms with Crippen LogP contribution in [0.1, 0.15) is 0 Å². The first-order chi connectivity index (χ1) is 12.2. The van der Waals surface area contributed by atoms with E-state index in [0.717, 1.165) is 26.6 Å². The minimum absolute atomic E-state index is 0.646. The first-order valence-electron chi connectivity index (χ1n) is 7.88. The first-order valence-corrected chi connectivity index (χ1v) is 10.4. The lowest BCUT2D eigenvalue weighted by atomic mass is 10.3. The highest BCUT2D eigenvalue weighted by atomic mass is 32.1. The van der Waals surface area contributed by atoms with Crippen molar-refractivity contribution in [3.8, 4) is 5.75 Å². The average Bonchev–Trinajstić information content (AvgIpc) is 3.12. The van der Waals surface area contributed by atoms with Crippen molar-refractivity contribution in [2.24, 2.45) is 0 Å². The minimum Gasteiger partial charge on any atom is -0.497 e. The molecule has 4 aromatic rings. The normalized spacial score (nSPS) is 11.6. The number of benzene rings is 3. The van der Waals surface area contributed by atoms with Gasteiger partial charge < -0.3 is 9.30 Å². The zero-order valence-electron chi connectivity index (χ0n) is 13.6. The van der Waals surface area contributed by atoms with Gasteiger partial charge in [-0.25, -0.2) is 4.98 Å². The topological polar surface area (TPSA) is 39.2 Å². The molecular formula is C20H16NO2PS. The number of nitrogens with zero attached hydrogens (tertiary/aromatic N) is 1. The van der Waals surface area contributed by atoms with Crippen LogP contribution in [0.15, 0.2) is 78.9 Å². The van der Waals surface area contributed by atoms with Crippen LogP contribution in [-0.4, -0.2) is 12.1 Å². The van der Waals surface area contributed by atoms with Crippen molar-refractivity contribution in [3.63, 3.8) is 0 Å². The van der Waals surface area contributed by atoms with Crippen LogP contribution in [0.25, 0.3) is 10.2 Å². The zero-order chi connectivity index (χ0) is 17.3. The molecule has 0 unspecified atom stereocenters. The Bertz CT molecular complexity index is 1020. The summed E-state index contributed by atoms with van der Waals surface area (Å²) >= 11 is 1.47. The van der Waals surface area contributed by atoms with Crippen molar-refractivity contribution < 1.29 is 9.30 Å². The van der Waals surface area contributed by atoms with Gasteiger partial charge in [0.15, 0.2) is 11.9 Å². The van der Waals surface area contributed by atoms with Crippen LogP contribution in [0.2, 0.25) is 0 Å². The Balaban J connectivity index is 1.97. The number of hydrogen-bond acceptors (Lipinski definition) is 4. The van der Waals surface area contributed by atoms with Crippen molar-refractivity contribution in [3.05, 3.63) is 78.9 Å². The molecule has 0 N–H and O–H groups in total. The Kier molecular flexibility index (Phi) is 4.16. The molecule has 0 radical (unpaired) electrons. The molecule has 3 nitrogen and oxygen atoms in total. The third-order valence-electron chi connectivity index (χ3n) is 4.09. The predicted octanol–water partition coefficient (Wildman–Crippen LogP) is 3.94. The van der Waals surface area contributed by atoms with Crippen LogP contribution in [-0.2, 0) is 4.57 Å². The molecule has 0 aliphatic rings. The van der Waals surface area contributed by atoms with E-state index in [9.17, 15) is 4.57 Å². The fourth-order valence-corrected chi connectivity index (χ4v) is 7.15. The summed E-state index contributed by atoms with van der Waals surface area (Å²) in [5, 5.41) is 1.60. The highest BCUT2D eigenvalue weighted by molar-refractivity contribution is 7.89. The third kappa shape index (κ3) is 2.78. The number of aromatic nitrogens is 1. The number of ether oxygens (including phenoxy) is 1. The average molecular weight is 365 g/mol. The predicted molar refractivity (Wildman–Crippen MR) is 106 cm³/mol. The number of thiazole rings is 1. The van der Waals surface area contributed by atoms with E-state index in [0.29, 0.717) is 4.75 Å². The second-order valence-corrected chi connectivity index (χ2v) is 9.62. The lowest BCUT2D eigenvalue weighted by molar-refractivity contribution is 0.415. The maximum Gasteiger partial charge on any atom is 0.198 e. The van der Waals surface area contributed by atoms with E-state index in [1.54, 1.807) is 7.11 Å². The molecule has 0 bridgehead atoms. The van der Waals surface area contributed by atoms with Crippen LogP contribution in [0.3, 0.4) is 0 Å². The molecule has 0 saturated heterocycles. The summed E-state index contributed by atoms with van der Waals surface area (Å²) in [5.41, 5.74) is 0.841. The summed E-state index contributed by atoms with van der Waals surface area (Å²) < 4.78 is 21.2. The fourth-order valence-electron chi connectivity index (χ4n) is 2.80. The van der Waals surface area contributed by atoms with Gasteiger partial charge in [-0.05, 0) is 18.2 Å². The Morgan fingerprint density at radius 1 is 0.880 bits per heavy atom. The fraction of sp³-hybridized carbons (Fsp3) is 0.0500. The molecule has 0 aliphatic carbocycles. The lowest BCUT2D eigenvalue weighted by Crippen LogP contribution is -2.24. The molecule has 25 heavy (non-hydrogen) atoms. The molecule has 0 aliphatic heterocycles. The van der Waals surface area contributed by atoms with Gasteiger partial charge in [-0.3, -0.25) is 0 Å². The van der Waals surface area contributed by atoms with Gasteiger partial charge in [-0.15, -0.1) is 11.3 Å². The van der Waals surface area contributed by atoms with E-state index in [-0.39, 0.29) is 0 Å². The Hall–Kier alpha value is -2.42. The molecule has 4 rings (SSSR count). The molecule has 0 amide bonds. The highest BCUT2D eigenvalue weighted by Gasteiger charge is 2.33. The van der Waals surface area contributed by atoms with Gasteiger partial charge in [-0.2, -0.15) is 0 Å². The van der Waals surface area contributed by atoms with Crippen molar-refractivity contribution in [2.75, 3.05) is 7.11 Å². The summed E-state index contributed by atoms with van der Waals surface area (Å²) in [6, 6.07) is 24.9. The molecule has 5 heteroatoms. The van der Waals surface area contributed by atoms with Gasteiger partial charge in [0.2, 0.25) is 0 Å². The van der Waals surface area contributed by atoms with Gasteiger partial charge >= 0.3 is 0 Å². The van der Waals surface area contributed by atoms with Crippen LogP contribution < -0.4 is 20.1 Å². The summed E-state index contributed by atoms with van der Waals surface area (Å²) in [6.45, 7) is 0. The maximum absolute atomic E-state index is 14.3. The van der Waals surface area contributed by atoms with Gasteiger partial charge in [0.1, 0.15) is 5.75 Å². The van der Waals surface area contributed by atoms with E-state index in [2.05, 4.69) is 0 Å². The van der Waals surface area contributed by atoms with E-state index < -0.39 is 7.14 Å². The summed E-state index contributed by atoms with van der Waals surface area (Å²) in [7, 11) is -1.37. The molecule has 0 fully saturated rings. The van der Waals surface area contributed by atoms with Crippen molar-refractivity contribution in [1.82, 2.24) is 4.98 Å². The standard InChI is InChI=1S/C20H16NO2PS/c1-23-15-12-13-18-19(14-15)25-20(21-18)24(22,16-8-4-2-5-9-16)17-10-6-3-7-11-17/h2-14H,1H3. The van der Waals surface area contributed by atoms with E-state index >= 15 is 0 Å². The zero-order valence-corrected chi connectivity index (χ0v) is 15.3. The van der Waals surface area contributed by atoms with E-state index in [1.807, 2.05) is 78.9 Å². The molecule has 1 heterocycles. The largest absolute Gasteiger partial charge is 0.497 e. The minimum atomic E-state index is -3.01. The second-order valence-electron chi connectivity index (χ2n) is 5.61. The molecule has 3 aromatic carbocycles. The Morgan fingerprint density at radius 2 is 1.48 bits per heavy atom. The van der Waals surface area contributed by atoms with Crippen LogP contribution in [0, 0.1) is 0 Å². The van der Waals surface area contributed by atoms with Gasteiger partial charge in [0, 0.05) is 10.6 Å². The van der Waals surface area contributed by atoms with Crippen LogP contribution in [0.4, 0.5) is 0 Å². The van der Waals surface area contributed by atoms with Gasteiger partial charge in [0.05, 0.1) is 17.3 Å². The highest BCUT2D eigenvalue weighted by Crippen LogP contribution is 2.44. The van der Waals surface area contributed by atoms with Crippen LogP contribution >= 0.6 is 18.5 Å². The number of rotatable bonds is 4. The van der Waals surface area contributed by atoms with Gasteiger partial charge in [-0.1, -0.05) is 60.7 Å². The third-order valence-corrected chi connectivity index (χ3v) is 8.65.